The molecule has 6 heteroatoms. The highest BCUT2D eigenvalue weighted by Crippen LogP contribution is 2.35. The first-order valence-electron chi connectivity index (χ1n) is 6.31. The van der Waals surface area contributed by atoms with Gasteiger partial charge in [0.1, 0.15) is 0 Å². The Labute approximate surface area is 118 Å². The van der Waals surface area contributed by atoms with Crippen LogP contribution in [0.3, 0.4) is 0 Å². The fourth-order valence-electron chi connectivity index (χ4n) is 2.18. The molecule has 0 N–H and O–H groups in total. The zero-order valence-electron chi connectivity index (χ0n) is 11.4. The predicted octanol–water partition coefficient (Wildman–Crippen LogP) is 1.46. The molecule has 0 aromatic heterocycles. The second kappa shape index (κ2) is 5.25. The van der Waals surface area contributed by atoms with Crippen molar-refractivity contribution in [3.63, 3.8) is 0 Å². The molecule has 0 spiro atoms. The number of carbonyl (C=O) groups is 1. The van der Waals surface area contributed by atoms with E-state index in [4.69, 9.17) is 5.26 Å². The molecule has 0 saturated heterocycles. The molecule has 1 aromatic carbocycles. The monoisotopic (exact) mass is 292 g/mol. The van der Waals surface area contributed by atoms with Gasteiger partial charge in [0.25, 0.3) is 5.91 Å². The van der Waals surface area contributed by atoms with Gasteiger partial charge in [0.2, 0.25) is 0 Å². The maximum Gasteiger partial charge on any atom is 0.253 e. The second-order valence-corrected chi connectivity index (χ2v) is 7.42. The normalized spacial score (nSPS) is 21.6. The van der Waals surface area contributed by atoms with Crippen LogP contribution in [0.2, 0.25) is 0 Å². The summed E-state index contributed by atoms with van der Waals surface area (Å²) in [6, 6.07) is 8.16. The van der Waals surface area contributed by atoms with Crippen LogP contribution in [0.4, 0.5) is 0 Å². The SMILES string of the molecule is CN(C)C(=O)c1cccc(S(=O)(=O)C2CC(C#N)C2)c1. The Balaban J connectivity index is 2.28. The molecule has 1 aliphatic rings. The van der Waals surface area contributed by atoms with Crippen LogP contribution in [0.1, 0.15) is 23.2 Å². The van der Waals surface area contributed by atoms with Crippen molar-refractivity contribution < 1.29 is 13.2 Å². The summed E-state index contributed by atoms with van der Waals surface area (Å²) < 4.78 is 24.8. The van der Waals surface area contributed by atoms with Crippen LogP contribution in [0.5, 0.6) is 0 Å². The van der Waals surface area contributed by atoms with Gasteiger partial charge in [0.15, 0.2) is 9.84 Å². The summed E-state index contributed by atoms with van der Waals surface area (Å²) in [5.41, 5.74) is 0.354. The molecule has 1 amide bonds. The lowest BCUT2D eigenvalue weighted by Crippen LogP contribution is -2.35. The van der Waals surface area contributed by atoms with E-state index in [2.05, 4.69) is 6.07 Å². The minimum absolute atomic E-state index is 0.159. The Morgan fingerprint density at radius 2 is 2.00 bits per heavy atom. The average Bonchev–Trinajstić information content (AvgIpc) is 2.36. The van der Waals surface area contributed by atoms with E-state index in [0.29, 0.717) is 18.4 Å². The van der Waals surface area contributed by atoms with Gasteiger partial charge in [-0.15, -0.1) is 0 Å². The van der Waals surface area contributed by atoms with E-state index in [9.17, 15) is 13.2 Å². The topological polar surface area (TPSA) is 78.2 Å². The summed E-state index contributed by atoms with van der Waals surface area (Å²) in [6.45, 7) is 0. The van der Waals surface area contributed by atoms with Crippen molar-refractivity contribution in [1.82, 2.24) is 4.90 Å². The number of carbonyl (C=O) groups excluding carboxylic acids is 1. The maximum atomic E-state index is 12.4. The van der Waals surface area contributed by atoms with E-state index in [1.807, 2.05) is 0 Å². The minimum atomic E-state index is -3.45. The first kappa shape index (κ1) is 14.5. The highest BCUT2D eigenvalue weighted by atomic mass is 32.2. The van der Waals surface area contributed by atoms with Crippen LogP contribution >= 0.6 is 0 Å². The van der Waals surface area contributed by atoms with E-state index in [1.54, 1.807) is 26.2 Å². The molecule has 20 heavy (non-hydrogen) atoms. The quantitative estimate of drug-likeness (QED) is 0.845. The molecule has 0 aliphatic heterocycles. The zero-order valence-corrected chi connectivity index (χ0v) is 12.2. The summed E-state index contributed by atoms with van der Waals surface area (Å²) in [4.78, 5) is 13.4. The molecule has 106 valence electrons. The van der Waals surface area contributed by atoms with Gasteiger partial charge in [-0.3, -0.25) is 4.79 Å². The van der Waals surface area contributed by atoms with Gasteiger partial charge in [0, 0.05) is 25.6 Å². The number of nitrogens with zero attached hydrogens (tertiary/aromatic N) is 2. The van der Waals surface area contributed by atoms with Crippen molar-refractivity contribution in [2.45, 2.75) is 23.0 Å². The predicted molar refractivity (Wildman–Crippen MR) is 73.8 cm³/mol. The maximum absolute atomic E-state index is 12.4. The number of rotatable bonds is 3. The van der Waals surface area contributed by atoms with Crippen LogP contribution in [-0.2, 0) is 9.84 Å². The van der Waals surface area contributed by atoms with Crippen LogP contribution in [0.15, 0.2) is 29.2 Å². The third-order valence-electron chi connectivity index (χ3n) is 3.53. The fraction of sp³-hybridized carbons (Fsp3) is 0.429. The second-order valence-electron chi connectivity index (χ2n) is 5.19. The van der Waals surface area contributed by atoms with Gasteiger partial charge in [-0.2, -0.15) is 5.26 Å². The van der Waals surface area contributed by atoms with Gasteiger partial charge < -0.3 is 4.90 Å². The summed E-state index contributed by atoms with van der Waals surface area (Å²) >= 11 is 0. The number of hydrogen-bond donors (Lipinski definition) is 0. The number of benzene rings is 1. The zero-order chi connectivity index (χ0) is 14.9. The van der Waals surface area contributed by atoms with Gasteiger partial charge in [-0.1, -0.05) is 6.07 Å². The van der Waals surface area contributed by atoms with E-state index in [-0.39, 0.29) is 16.7 Å². The van der Waals surface area contributed by atoms with E-state index in [1.165, 1.54) is 17.0 Å². The molecule has 0 heterocycles. The summed E-state index contributed by atoms with van der Waals surface area (Å²) in [5, 5.41) is 8.22. The molecule has 1 aromatic rings. The molecule has 0 bridgehead atoms. The first-order valence-corrected chi connectivity index (χ1v) is 7.86. The third-order valence-corrected chi connectivity index (χ3v) is 5.71. The summed E-state index contributed by atoms with van der Waals surface area (Å²) in [6.07, 6.45) is 0.759. The summed E-state index contributed by atoms with van der Waals surface area (Å²) in [5.74, 6) is -0.396. The Bertz CT molecular complexity index is 668. The lowest BCUT2D eigenvalue weighted by molar-refractivity contribution is 0.0827. The van der Waals surface area contributed by atoms with Crippen molar-refractivity contribution in [1.29, 1.82) is 5.26 Å². The molecule has 5 nitrogen and oxygen atoms in total. The van der Waals surface area contributed by atoms with Crippen molar-refractivity contribution in [3.05, 3.63) is 29.8 Å². The van der Waals surface area contributed by atoms with Crippen molar-refractivity contribution in [2.75, 3.05) is 14.1 Å². The van der Waals surface area contributed by atoms with Gasteiger partial charge in [-0.05, 0) is 31.0 Å². The van der Waals surface area contributed by atoms with Crippen molar-refractivity contribution in [3.8, 4) is 6.07 Å². The van der Waals surface area contributed by atoms with Gasteiger partial charge >= 0.3 is 0 Å². The van der Waals surface area contributed by atoms with Crippen LogP contribution < -0.4 is 0 Å². The molecule has 1 fully saturated rings. The molecular weight excluding hydrogens is 276 g/mol. The van der Waals surface area contributed by atoms with Crippen LogP contribution in [0, 0.1) is 17.2 Å². The highest BCUT2D eigenvalue weighted by molar-refractivity contribution is 7.92. The van der Waals surface area contributed by atoms with E-state index >= 15 is 0 Å². The lowest BCUT2D eigenvalue weighted by atomic mass is 9.86. The Morgan fingerprint density at radius 3 is 2.55 bits per heavy atom. The van der Waals surface area contributed by atoms with Crippen LogP contribution in [-0.4, -0.2) is 38.6 Å². The molecule has 0 atom stereocenters. The molecule has 1 aliphatic carbocycles. The van der Waals surface area contributed by atoms with E-state index in [0.717, 1.165) is 0 Å². The molecule has 1 saturated carbocycles. The minimum Gasteiger partial charge on any atom is -0.345 e. The number of amides is 1. The van der Waals surface area contributed by atoms with Crippen molar-refractivity contribution in [2.24, 2.45) is 5.92 Å². The third kappa shape index (κ3) is 2.54. The molecule has 2 rings (SSSR count). The number of nitriles is 1. The molecular formula is C14H16N2O3S. The lowest BCUT2D eigenvalue weighted by Gasteiger charge is -2.30. The van der Waals surface area contributed by atoms with Gasteiger partial charge in [-0.25, -0.2) is 8.42 Å². The average molecular weight is 292 g/mol. The summed E-state index contributed by atoms with van der Waals surface area (Å²) in [7, 11) is -0.213. The first-order chi connectivity index (χ1) is 9.36. The Kier molecular flexibility index (Phi) is 3.82. The Hall–Kier alpha value is -1.87. The van der Waals surface area contributed by atoms with Gasteiger partial charge in [0.05, 0.1) is 16.2 Å². The van der Waals surface area contributed by atoms with Crippen molar-refractivity contribution >= 4 is 15.7 Å². The number of sulfone groups is 1. The largest absolute Gasteiger partial charge is 0.345 e. The highest BCUT2D eigenvalue weighted by Gasteiger charge is 2.39. The Morgan fingerprint density at radius 1 is 1.35 bits per heavy atom. The fourth-order valence-corrected chi connectivity index (χ4v) is 4.10. The van der Waals surface area contributed by atoms with Crippen LogP contribution in [0.25, 0.3) is 0 Å². The smallest absolute Gasteiger partial charge is 0.253 e. The number of hydrogen-bond acceptors (Lipinski definition) is 4. The van der Waals surface area contributed by atoms with E-state index < -0.39 is 15.1 Å². The standard InChI is InChI=1S/C14H16N2O3S/c1-16(2)14(17)11-4-3-5-12(8-11)20(18,19)13-6-10(7-13)9-15/h3-5,8,10,13H,6-7H2,1-2H3. The molecule has 0 radical (unpaired) electrons. The molecule has 0 unspecified atom stereocenters.